The van der Waals surface area contributed by atoms with Gasteiger partial charge in [-0.3, -0.25) is 14.9 Å². The van der Waals surface area contributed by atoms with Crippen LogP contribution < -0.4 is 10.2 Å². The normalized spacial score (nSPS) is 10.9. The quantitative estimate of drug-likeness (QED) is 0.123. The summed E-state index contributed by atoms with van der Waals surface area (Å²) >= 11 is 0. The highest BCUT2D eigenvalue weighted by atomic mass is 16.6. The topological polar surface area (TPSA) is 114 Å². The number of carbonyl (C=O) groups is 1. The van der Waals surface area contributed by atoms with Gasteiger partial charge in [0.05, 0.1) is 17.2 Å². The molecule has 0 aliphatic carbocycles. The van der Waals surface area contributed by atoms with Crippen molar-refractivity contribution in [3.05, 3.63) is 94.0 Å². The zero-order valence-corrected chi connectivity index (χ0v) is 21.4. The Balaban J connectivity index is 1.36. The number of nitro benzene ring substituents is 1. The third-order valence-corrected chi connectivity index (χ3v) is 6.54. The van der Waals surface area contributed by atoms with E-state index in [1.165, 1.54) is 6.07 Å². The molecular weight excluding hydrogens is 482 g/mol. The molecule has 9 heteroatoms. The number of carbonyl (C=O) groups excluding carboxylic acids is 1. The van der Waals surface area contributed by atoms with Gasteiger partial charge in [-0.05, 0) is 58.4 Å². The lowest BCUT2D eigenvalue weighted by Crippen LogP contribution is -2.31. The highest BCUT2D eigenvalue weighted by Crippen LogP contribution is 2.29. The van der Waals surface area contributed by atoms with Gasteiger partial charge in [0.2, 0.25) is 11.4 Å². The molecule has 0 bridgehead atoms. The largest absolute Gasteiger partial charge is 0.383 e. The van der Waals surface area contributed by atoms with Crippen molar-refractivity contribution in [2.24, 2.45) is 0 Å². The van der Waals surface area contributed by atoms with Gasteiger partial charge in [0.25, 0.3) is 0 Å². The summed E-state index contributed by atoms with van der Waals surface area (Å²) in [5.74, 6) is 0.0865. The third kappa shape index (κ3) is 6.05. The average molecular weight is 514 g/mol. The number of aryl methyl sites for hydroxylation is 1. The van der Waals surface area contributed by atoms with Crippen molar-refractivity contribution in [2.75, 3.05) is 16.8 Å². The smallest absolute Gasteiger partial charge is 0.300 e. The molecule has 0 aliphatic rings. The van der Waals surface area contributed by atoms with Gasteiger partial charge in [-0.1, -0.05) is 68.5 Å². The van der Waals surface area contributed by atoms with E-state index < -0.39 is 4.92 Å². The van der Waals surface area contributed by atoms with Gasteiger partial charge in [-0.2, -0.15) is 0 Å². The van der Waals surface area contributed by atoms with Crippen LogP contribution in [0.5, 0.6) is 0 Å². The predicted molar refractivity (Wildman–Crippen MR) is 149 cm³/mol. The van der Waals surface area contributed by atoms with Gasteiger partial charge in [0.1, 0.15) is 0 Å². The van der Waals surface area contributed by atoms with Crippen LogP contribution in [0.1, 0.15) is 49.3 Å². The van der Waals surface area contributed by atoms with Crippen molar-refractivity contribution >= 4 is 40.1 Å². The summed E-state index contributed by atoms with van der Waals surface area (Å²) < 4.78 is 4.71. The summed E-state index contributed by atoms with van der Waals surface area (Å²) in [7, 11) is 0. The van der Waals surface area contributed by atoms with E-state index in [0.717, 1.165) is 48.1 Å². The number of amides is 1. The first-order valence-corrected chi connectivity index (χ1v) is 12.8. The van der Waals surface area contributed by atoms with Gasteiger partial charge in [0.15, 0.2) is 5.52 Å². The predicted octanol–water partition coefficient (Wildman–Crippen LogP) is 6.54. The third-order valence-electron chi connectivity index (χ3n) is 6.54. The highest BCUT2D eigenvalue weighted by Gasteiger charge is 2.20. The Kier molecular flexibility index (Phi) is 8.81. The molecule has 0 spiro atoms. The minimum absolute atomic E-state index is 0.0865. The fourth-order valence-electron chi connectivity index (χ4n) is 4.51. The Hall–Kier alpha value is -4.53. The van der Waals surface area contributed by atoms with Crippen LogP contribution in [0.15, 0.2) is 71.9 Å². The van der Waals surface area contributed by atoms with E-state index in [-0.39, 0.29) is 17.1 Å². The number of fused-ring (bicyclic) bond motifs is 1. The van der Waals surface area contributed by atoms with E-state index in [1.54, 1.807) is 6.07 Å². The van der Waals surface area contributed by atoms with Crippen molar-refractivity contribution in [1.82, 2.24) is 10.3 Å². The molecule has 4 rings (SSSR count). The Morgan fingerprint density at radius 3 is 2.53 bits per heavy atom. The van der Waals surface area contributed by atoms with Crippen LogP contribution in [0.3, 0.4) is 0 Å². The van der Waals surface area contributed by atoms with Crippen LogP contribution in [0.2, 0.25) is 0 Å². The minimum Gasteiger partial charge on any atom is -0.383 e. The standard InChI is InChI=1S/C29H31N5O4/c1-3-21-12-7-8-14-23(21)20-33(25-15-10-9-13-22(25)4-2)27(35)16-6-5-11-19-30-24-17-18-26(34(36)37)29-28(24)31-38-32-29/h3,7-10,12-15,17-18,30H,1,4-6,11,16,19-20H2,2H3. The molecule has 0 aliphatic heterocycles. The Bertz CT molecular complexity index is 1430. The fourth-order valence-corrected chi connectivity index (χ4v) is 4.51. The van der Waals surface area contributed by atoms with Crippen molar-refractivity contribution in [3.63, 3.8) is 0 Å². The molecule has 1 aromatic heterocycles. The Labute approximate surface area is 221 Å². The van der Waals surface area contributed by atoms with Crippen molar-refractivity contribution in [1.29, 1.82) is 0 Å². The molecule has 0 atom stereocenters. The van der Waals surface area contributed by atoms with Crippen molar-refractivity contribution in [2.45, 2.75) is 45.6 Å². The molecular formula is C29H31N5O4. The number of nitrogens with one attached hydrogen (secondary N) is 1. The summed E-state index contributed by atoms with van der Waals surface area (Å²) in [5.41, 5.74) is 5.11. The first-order chi connectivity index (χ1) is 18.5. The molecule has 0 saturated carbocycles. The SMILES string of the molecule is C=Cc1ccccc1CN(C(=O)CCCCCNc1ccc([N+](=O)[O-])c2nonc12)c1ccccc1CC. The number of aromatic nitrogens is 2. The lowest BCUT2D eigenvalue weighted by molar-refractivity contribution is -0.383. The van der Waals surface area contributed by atoms with Crippen LogP contribution in [-0.4, -0.2) is 27.7 Å². The minimum atomic E-state index is -0.508. The molecule has 0 saturated heterocycles. The zero-order valence-electron chi connectivity index (χ0n) is 21.4. The first kappa shape index (κ1) is 26.5. The second-order valence-corrected chi connectivity index (χ2v) is 8.95. The molecule has 0 fully saturated rings. The lowest BCUT2D eigenvalue weighted by atomic mass is 10.0. The van der Waals surface area contributed by atoms with Gasteiger partial charge >= 0.3 is 5.69 Å². The lowest BCUT2D eigenvalue weighted by Gasteiger charge is -2.26. The van der Waals surface area contributed by atoms with E-state index in [2.05, 4.69) is 35.2 Å². The first-order valence-electron chi connectivity index (χ1n) is 12.8. The zero-order chi connectivity index (χ0) is 26.9. The average Bonchev–Trinajstić information content (AvgIpc) is 3.44. The molecule has 1 amide bonds. The van der Waals surface area contributed by atoms with E-state index in [1.807, 2.05) is 53.4 Å². The maximum atomic E-state index is 13.5. The van der Waals surface area contributed by atoms with Crippen molar-refractivity contribution in [3.8, 4) is 0 Å². The van der Waals surface area contributed by atoms with Gasteiger partial charge < -0.3 is 10.2 Å². The summed E-state index contributed by atoms with van der Waals surface area (Å²) in [4.78, 5) is 26.0. The second-order valence-electron chi connectivity index (χ2n) is 8.95. The Morgan fingerprint density at radius 2 is 1.76 bits per heavy atom. The van der Waals surface area contributed by atoms with E-state index >= 15 is 0 Å². The number of para-hydroxylation sites is 1. The number of unbranched alkanes of at least 4 members (excludes halogenated alkanes) is 2. The fraction of sp³-hybridized carbons (Fsp3) is 0.276. The maximum absolute atomic E-state index is 13.5. The maximum Gasteiger partial charge on any atom is 0.300 e. The number of anilines is 2. The monoisotopic (exact) mass is 513 g/mol. The number of benzene rings is 3. The molecule has 196 valence electrons. The molecule has 0 unspecified atom stereocenters. The number of hydrogen-bond acceptors (Lipinski definition) is 7. The molecule has 4 aromatic rings. The summed E-state index contributed by atoms with van der Waals surface area (Å²) in [5, 5.41) is 21.9. The van der Waals surface area contributed by atoms with Gasteiger partial charge in [-0.25, -0.2) is 4.63 Å². The Morgan fingerprint density at radius 1 is 1.03 bits per heavy atom. The summed E-state index contributed by atoms with van der Waals surface area (Å²) in [6, 6.07) is 19.1. The van der Waals surface area contributed by atoms with Gasteiger partial charge in [0, 0.05) is 24.7 Å². The number of hydrogen-bond donors (Lipinski definition) is 1. The second kappa shape index (κ2) is 12.6. The number of rotatable bonds is 13. The number of non-ortho nitro benzene ring substituents is 1. The van der Waals surface area contributed by atoms with Crippen LogP contribution in [-0.2, 0) is 17.8 Å². The van der Waals surface area contributed by atoms with Crippen molar-refractivity contribution < 1.29 is 14.3 Å². The molecule has 1 heterocycles. The van der Waals surface area contributed by atoms with Crippen LogP contribution in [0.25, 0.3) is 17.1 Å². The van der Waals surface area contributed by atoms with E-state index in [4.69, 9.17) is 4.63 Å². The molecule has 1 N–H and O–H groups in total. The molecule has 3 aromatic carbocycles. The van der Waals surface area contributed by atoms with Crippen LogP contribution >= 0.6 is 0 Å². The van der Waals surface area contributed by atoms with Crippen LogP contribution in [0, 0.1) is 10.1 Å². The van der Waals surface area contributed by atoms with E-state index in [9.17, 15) is 14.9 Å². The molecule has 9 nitrogen and oxygen atoms in total. The van der Waals surface area contributed by atoms with Gasteiger partial charge in [-0.15, -0.1) is 0 Å². The van der Waals surface area contributed by atoms with Crippen LogP contribution in [0.4, 0.5) is 17.1 Å². The highest BCUT2D eigenvalue weighted by molar-refractivity contribution is 5.94. The number of nitro groups is 1. The number of nitrogens with zero attached hydrogens (tertiary/aromatic N) is 4. The summed E-state index contributed by atoms with van der Waals surface area (Å²) in [6.07, 6.45) is 5.51. The molecule has 0 radical (unpaired) electrons. The summed E-state index contributed by atoms with van der Waals surface area (Å²) in [6.45, 7) is 7.14. The van der Waals surface area contributed by atoms with E-state index in [0.29, 0.717) is 30.7 Å². The molecule has 38 heavy (non-hydrogen) atoms.